The number of benzene rings is 2. The van der Waals surface area contributed by atoms with Gasteiger partial charge in [0.05, 0.1) is 6.54 Å². The van der Waals surface area contributed by atoms with Gasteiger partial charge < -0.3 is 42.7 Å². The molecule has 9 N–H and O–H groups in total. The van der Waals surface area contributed by atoms with Gasteiger partial charge in [-0.1, -0.05) is 56.3 Å². The number of carbonyl (C=O) groups is 7. The van der Waals surface area contributed by atoms with E-state index in [2.05, 4.69) is 31.9 Å². The van der Waals surface area contributed by atoms with Crippen molar-refractivity contribution in [1.82, 2.24) is 31.9 Å². The molecule has 2 aromatic rings. The number of nitrogens with two attached hydrogens (primary N) is 1. The highest BCUT2D eigenvalue weighted by Crippen LogP contribution is 2.13. The highest BCUT2D eigenvalue weighted by molar-refractivity contribution is 7.98. The van der Waals surface area contributed by atoms with E-state index >= 15 is 0 Å². The van der Waals surface area contributed by atoms with Crippen molar-refractivity contribution >= 4 is 53.1 Å². The number of hydrogen-bond donors (Lipinski definition) is 8. The van der Waals surface area contributed by atoms with Gasteiger partial charge in [0, 0.05) is 19.3 Å². The molecule has 16 heteroatoms. The molecule has 0 radical (unpaired) electrons. The first-order valence-corrected chi connectivity index (χ1v) is 18.5. The van der Waals surface area contributed by atoms with Crippen LogP contribution in [0.5, 0.6) is 5.75 Å². The Morgan fingerprint density at radius 3 is 2.00 bits per heavy atom. The molecule has 2 aromatic carbocycles. The number of phenolic OH excluding ortho intramolecular Hbond substituents is 1. The van der Waals surface area contributed by atoms with Crippen LogP contribution in [0.4, 0.5) is 0 Å². The number of carbonyl (C=O) groups excluding carboxylic acids is 7. The third kappa shape index (κ3) is 13.9. The van der Waals surface area contributed by atoms with E-state index in [0.717, 1.165) is 5.56 Å². The predicted molar refractivity (Wildman–Crippen MR) is 196 cm³/mol. The van der Waals surface area contributed by atoms with Gasteiger partial charge in [0.25, 0.3) is 0 Å². The summed E-state index contributed by atoms with van der Waals surface area (Å²) < 4.78 is 0. The van der Waals surface area contributed by atoms with Gasteiger partial charge in [-0.3, -0.25) is 33.6 Å². The van der Waals surface area contributed by atoms with Crippen LogP contribution in [-0.4, -0.2) is 95.2 Å². The summed E-state index contributed by atoms with van der Waals surface area (Å²) in [5.41, 5.74) is 6.79. The molecule has 0 unspecified atom stereocenters. The number of rotatable bonds is 20. The molecule has 1 aliphatic rings. The van der Waals surface area contributed by atoms with Crippen LogP contribution in [0.15, 0.2) is 54.6 Å². The Balaban J connectivity index is 1.75. The molecule has 0 saturated carbocycles. The number of nitrogens with one attached hydrogen (secondary N) is 6. The van der Waals surface area contributed by atoms with E-state index in [1.54, 1.807) is 36.4 Å². The van der Waals surface area contributed by atoms with Gasteiger partial charge in [0.15, 0.2) is 0 Å². The van der Waals surface area contributed by atoms with Crippen molar-refractivity contribution in [3.05, 3.63) is 65.7 Å². The van der Waals surface area contributed by atoms with Crippen molar-refractivity contribution in [1.29, 1.82) is 0 Å². The highest BCUT2D eigenvalue weighted by atomic mass is 32.2. The zero-order valence-corrected chi connectivity index (χ0v) is 30.4. The second-order valence-corrected chi connectivity index (χ2v) is 14.0. The van der Waals surface area contributed by atoms with Crippen LogP contribution in [0.25, 0.3) is 0 Å². The highest BCUT2D eigenvalue weighted by Gasteiger charge is 2.33. The molecule has 0 aliphatic carbocycles. The van der Waals surface area contributed by atoms with Crippen LogP contribution in [0.2, 0.25) is 0 Å². The number of primary amides is 1. The maximum Gasteiger partial charge on any atom is 0.243 e. The molecule has 15 nitrogen and oxygen atoms in total. The Morgan fingerprint density at radius 1 is 0.827 bits per heavy atom. The second-order valence-electron chi connectivity index (χ2n) is 13.1. The topological polar surface area (TPSA) is 238 Å². The smallest absolute Gasteiger partial charge is 0.243 e. The van der Waals surface area contributed by atoms with Crippen molar-refractivity contribution in [3.8, 4) is 5.75 Å². The minimum absolute atomic E-state index is 0.00138. The predicted octanol–water partition coefficient (Wildman–Crippen LogP) is -0.204. The zero-order chi connectivity index (χ0) is 38.2. The number of aromatic hydroxyl groups is 1. The van der Waals surface area contributed by atoms with Crippen molar-refractivity contribution in [2.24, 2.45) is 11.7 Å². The molecule has 282 valence electrons. The van der Waals surface area contributed by atoms with Gasteiger partial charge in [-0.2, -0.15) is 11.8 Å². The van der Waals surface area contributed by atoms with E-state index in [9.17, 15) is 38.7 Å². The number of phenols is 1. The summed E-state index contributed by atoms with van der Waals surface area (Å²) in [7, 11) is 0. The van der Waals surface area contributed by atoms with Crippen LogP contribution in [0.3, 0.4) is 0 Å². The molecule has 5 atom stereocenters. The Bertz CT molecular complexity index is 1560. The molecular formula is C36H49N7O8S. The minimum atomic E-state index is -1.23. The van der Waals surface area contributed by atoms with Crippen LogP contribution in [-0.2, 0) is 46.4 Å². The average molecular weight is 740 g/mol. The molecule has 0 bridgehead atoms. The first kappa shape index (κ1) is 41.3. The summed E-state index contributed by atoms with van der Waals surface area (Å²) >= 11 is 1.49. The molecule has 1 fully saturated rings. The molecule has 1 heterocycles. The van der Waals surface area contributed by atoms with E-state index in [4.69, 9.17) is 5.73 Å². The monoisotopic (exact) mass is 739 g/mol. The van der Waals surface area contributed by atoms with Crippen LogP contribution in [0, 0.1) is 5.92 Å². The van der Waals surface area contributed by atoms with Gasteiger partial charge in [0.1, 0.15) is 36.0 Å². The standard InChI is InChI=1S/C36H49N7O8S/c1-21(2)17-27(35(50)41-25(32(37)47)15-16-52-3)40-31(46)20-38-33(48)28(19-23-9-11-24(44)12-10-23)42-36(51)29(18-22-7-5-4-6-8-22)43-34(49)26-13-14-30(45)39-26/h4-12,21,25-29,44H,13-20H2,1-3H3,(H2,37,47)(H,38,48)(H,39,45)(H,40,46)(H,41,50)(H,42,51)(H,43,49)/t25-,26-,27-,28-,29-/m0/s1. The Morgan fingerprint density at radius 2 is 1.42 bits per heavy atom. The van der Waals surface area contributed by atoms with Crippen LogP contribution >= 0.6 is 11.8 Å². The molecule has 7 amide bonds. The van der Waals surface area contributed by atoms with Crippen molar-refractivity contribution in [3.63, 3.8) is 0 Å². The maximum atomic E-state index is 13.8. The van der Waals surface area contributed by atoms with Gasteiger partial charge in [-0.05, 0) is 60.4 Å². The fraction of sp³-hybridized carbons (Fsp3) is 0.472. The third-order valence-corrected chi connectivity index (χ3v) is 8.93. The fourth-order valence-electron chi connectivity index (χ4n) is 5.52. The van der Waals surface area contributed by atoms with Crippen molar-refractivity contribution < 1.29 is 38.7 Å². The van der Waals surface area contributed by atoms with Crippen molar-refractivity contribution in [2.75, 3.05) is 18.6 Å². The number of hydrogen-bond acceptors (Lipinski definition) is 9. The molecule has 0 spiro atoms. The molecule has 52 heavy (non-hydrogen) atoms. The molecule has 1 aliphatic heterocycles. The Kier molecular flexibility index (Phi) is 16.4. The average Bonchev–Trinajstić information content (AvgIpc) is 3.55. The number of thioether (sulfide) groups is 1. The maximum absolute atomic E-state index is 13.8. The zero-order valence-electron chi connectivity index (χ0n) is 29.6. The van der Waals surface area contributed by atoms with E-state index in [1.165, 1.54) is 23.9 Å². The largest absolute Gasteiger partial charge is 0.508 e. The van der Waals surface area contributed by atoms with E-state index < -0.39 is 72.2 Å². The third-order valence-electron chi connectivity index (χ3n) is 8.29. The lowest BCUT2D eigenvalue weighted by atomic mass is 10.0. The first-order valence-electron chi connectivity index (χ1n) is 17.1. The minimum Gasteiger partial charge on any atom is -0.508 e. The van der Waals surface area contributed by atoms with Crippen LogP contribution < -0.4 is 37.6 Å². The Hall–Kier alpha value is -5.12. The van der Waals surface area contributed by atoms with E-state index in [-0.39, 0.29) is 49.7 Å². The van der Waals surface area contributed by atoms with Crippen molar-refractivity contribution in [2.45, 2.75) is 82.6 Å². The lowest BCUT2D eigenvalue weighted by molar-refractivity contribution is -0.134. The summed E-state index contributed by atoms with van der Waals surface area (Å²) in [6.45, 7) is 3.18. The van der Waals surface area contributed by atoms with Gasteiger partial charge in [0.2, 0.25) is 41.4 Å². The molecular weight excluding hydrogens is 691 g/mol. The van der Waals surface area contributed by atoms with E-state index in [0.29, 0.717) is 17.7 Å². The van der Waals surface area contributed by atoms with Gasteiger partial charge in [-0.15, -0.1) is 0 Å². The quantitative estimate of drug-likeness (QED) is 0.0896. The van der Waals surface area contributed by atoms with Crippen LogP contribution in [0.1, 0.15) is 50.7 Å². The summed E-state index contributed by atoms with van der Waals surface area (Å²) in [5.74, 6) is -3.59. The fourth-order valence-corrected chi connectivity index (χ4v) is 6.00. The SMILES string of the molecule is CSCC[C@H](NC(=O)[C@H](CC(C)C)NC(=O)CNC(=O)[C@H](Cc1ccc(O)cc1)NC(=O)[C@H](Cc1ccccc1)NC(=O)[C@@H]1CCC(=O)N1)C(N)=O. The molecule has 3 rings (SSSR count). The Labute approximate surface area is 307 Å². The van der Waals surface area contributed by atoms with E-state index in [1.807, 2.05) is 26.2 Å². The summed E-state index contributed by atoms with van der Waals surface area (Å²) in [4.78, 5) is 90.3. The lowest BCUT2D eigenvalue weighted by Gasteiger charge is -2.25. The normalized spacial score (nSPS) is 16.1. The lowest BCUT2D eigenvalue weighted by Crippen LogP contribution is -2.58. The number of amides is 7. The summed E-state index contributed by atoms with van der Waals surface area (Å²) in [6.07, 6.45) is 2.94. The van der Waals surface area contributed by atoms with Gasteiger partial charge >= 0.3 is 0 Å². The second kappa shape index (κ2) is 20.7. The molecule has 1 saturated heterocycles. The summed E-state index contributed by atoms with van der Waals surface area (Å²) in [5, 5.41) is 25.5. The first-order chi connectivity index (χ1) is 24.7. The molecule has 0 aromatic heterocycles. The summed E-state index contributed by atoms with van der Waals surface area (Å²) in [6, 6.07) is 9.88. The van der Waals surface area contributed by atoms with Gasteiger partial charge in [-0.25, -0.2) is 0 Å².